The molecule has 0 aromatic heterocycles. The zero-order valence-electron chi connectivity index (χ0n) is 10.8. The van der Waals surface area contributed by atoms with Crippen molar-refractivity contribution in [3.63, 3.8) is 0 Å². The summed E-state index contributed by atoms with van der Waals surface area (Å²) in [6.45, 7) is 0. The Morgan fingerprint density at radius 3 is 2.56 bits per heavy atom. The van der Waals surface area contributed by atoms with E-state index in [1.165, 1.54) is 13.5 Å². The molecule has 0 amide bonds. The van der Waals surface area contributed by atoms with Crippen LogP contribution in [0, 0.1) is 5.92 Å². The number of rotatable bonds is 3. The van der Waals surface area contributed by atoms with Crippen molar-refractivity contribution in [1.82, 2.24) is 0 Å². The highest BCUT2D eigenvalue weighted by Gasteiger charge is 2.33. The molecule has 1 unspecified atom stereocenters. The van der Waals surface area contributed by atoms with E-state index in [-0.39, 0.29) is 17.6 Å². The lowest BCUT2D eigenvalue weighted by molar-refractivity contribution is -0.144. The van der Waals surface area contributed by atoms with E-state index in [0.29, 0.717) is 11.5 Å². The molecule has 0 bridgehead atoms. The van der Waals surface area contributed by atoms with Crippen molar-refractivity contribution in [3.8, 4) is 5.75 Å². The van der Waals surface area contributed by atoms with Gasteiger partial charge in [0.05, 0.1) is 13.0 Å². The van der Waals surface area contributed by atoms with Crippen molar-refractivity contribution in [2.45, 2.75) is 38.0 Å². The summed E-state index contributed by atoms with van der Waals surface area (Å²) < 4.78 is 4.92. The summed E-state index contributed by atoms with van der Waals surface area (Å²) in [5.41, 5.74) is 0.705. The van der Waals surface area contributed by atoms with E-state index in [0.717, 1.165) is 25.7 Å². The molecule has 0 spiro atoms. The Labute approximate surface area is 108 Å². The number of benzene rings is 1. The molecule has 18 heavy (non-hydrogen) atoms. The van der Waals surface area contributed by atoms with Crippen LogP contribution in [0.15, 0.2) is 24.3 Å². The van der Waals surface area contributed by atoms with E-state index in [2.05, 4.69) is 0 Å². The highest BCUT2D eigenvalue weighted by molar-refractivity contribution is 5.79. The van der Waals surface area contributed by atoms with Crippen molar-refractivity contribution >= 4 is 5.97 Å². The third kappa shape index (κ3) is 2.66. The summed E-state index contributed by atoms with van der Waals surface area (Å²) in [5.74, 6) is -0.0714. The molecular formula is C15H20O3. The highest BCUT2D eigenvalue weighted by Crippen LogP contribution is 2.39. The predicted octanol–water partition coefficient (Wildman–Crippen LogP) is 3.23. The zero-order chi connectivity index (χ0) is 13.0. The summed E-state index contributed by atoms with van der Waals surface area (Å²) in [5, 5.41) is 9.95. The molecule has 98 valence electrons. The lowest BCUT2D eigenvalue weighted by Gasteiger charge is -2.29. The summed E-state index contributed by atoms with van der Waals surface area (Å²) in [7, 11) is 1.41. The van der Waals surface area contributed by atoms with E-state index in [1.807, 2.05) is 12.1 Å². The van der Waals surface area contributed by atoms with Crippen LogP contribution in [-0.2, 0) is 9.53 Å². The average molecular weight is 248 g/mol. The maximum absolute atomic E-state index is 12.0. The monoisotopic (exact) mass is 248 g/mol. The van der Waals surface area contributed by atoms with Gasteiger partial charge >= 0.3 is 5.97 Å². The molecule has 1 aromatic rings. The molecule has 3 heteroatoms. The number of ether oxygens (including phenoxy) is 1. The molecular weight excluding hydrogens is 228 g/mol. The van der Waals surface area contributed by atoms with E-state index in [1.54, 1.807) is 12.1 Å². The number of aromatic hydroxyl groups is 1. The van der Waals surface area contributed by atoms with Crippen LogP contribution in [-0.4, -0.2) is 18.2 Å². The number of hydrogen-bond acceptors (Lipinski definition) is 3. The maximum Gasteiger partial charge on any atom is 0.313 e. The molecule has 3 nitrogen and oxygen atoms in total. The second-order valence-corrected chi connectivity index (χ2v) is 4.96. The van der Waals surface area contributed by atoms with Gasteiger partial charge in [-0.2, -0.15) is 0 Å². The molecule has 2 rings (SSSR count). The quantitative estimate of drug-likeness (QED) is 0.835. The van der Waals surface area contributed by atoms with Crippen molar-refractivity contribution in [1.29, 1.82) is 0 Å². The Morgan fingerprint density at radius 1 is 1.28 bits per heavy atom. The lowest BCUT2D eigenvalue weighted by atomic mass is 9.76. The third-order valence-corrected chi connectivity index (χ3v) is 3.85. The minimum atomic E-state index is -0.323. The van der Waals surface area contributed by atoms with Gasteiger partial charge in [-0.15, -0.1) is 0 Å². The van der Waals surface area contributed by atoms with Crippen molar-refractivity contribution in [2.75, 3.05) is 7.11 Å². The van der Waals surface area contributed by atoms with Crippen molar-refractivity contribution in [3.05, 3.63) is 29.8 Å². The Bertz CT molecular complexity index is 408. The topological polar surface area (TPSA) is 46.5 Å². The van der Waals surface area contributed by atoms with E-state index >= 15 is 0 Å². The number of para-hydroxylation sites is 1. The van der Waals surface area contributed by atoms with Crippen molar-refractivity contribution < 1.29 is 14.6 Å². The van der Waals surface area contributed by atoms with Gasteiger partial charge in [-0.1, -0.05) is 37.5 Å². The van der Waals surface area contributed by atoms with Gasteiger partial charge < -0.3 is 9.84 Å². The third-order valence-electron chi connectivity index (χ3n) is 3.85. The fourth-order valence-electron chi connectivity index (χ4n) is 2.92. The van der Waals surface area contributed by atoms with Crippen molar-refractivity contribution in [2.24, 2.45) is 5.92 Å². The Kier molecular flexibility index (Phi) is 4.24. The molecule has 1 atom stereocenters. The molecule has 1 aliphatic rings. The van der Waals surface area contributed by atoms with Crippen LogP contribution in [0.2, 0.25) is 0 Å². The number of esters is 1. The van der Waals surface area contributed by atoms with Gasteiger partial charge in [0.15, 0.2) is 0 Å². The van der Waals surface area contributed by atoms with Crippen LogP contribution in [0.1, 0.15) is 43.6 Å². The van der Waals surface area contributed by atoms with Gasteiger partial charge in [0.1, 0.15) is 5.75 Å². The molecule has 1 N–H and O–H groups in total. The molecule has 0 aliphatic heterocycles. The zero-order valence-corrected chi connectivity index (χ0v) is 10.8. The van der Waals surface area contributed by atoms with Gasteiger partial charge in [-0.05, 0) is 24.8 Å². The first-order valence-corrected chi connectivity index (χ1v) is 6.59. The number of methoxy groups -OCH3 is 1. The largest absolute Gasteiger partial charge is 0.508 e. The van der Waals surface area contributed by atoms with Gasteiger partial charge in [-0.25, -0.2) is 0 Å². The van der Waals surface area contributed by atoms with Crippen LogP contribution >= 0.6 is 0 Å². The normalized spacial score (nSPS) is 18.3. The first-order valence-electron chi connectivity index (χ1n) is 6.59. The average Bonchev–Trinajstić information content (AvgIpc) is 2.42. The summed E-state index contributed by atoms with van der Waals surface area (Å²) in [4.78, 5) is 12.0. The molecule has 1 fully saturated rings. The molecule has 1 saturated carbocycles. The van der Waals surface area contributed by atoms with Crippen LogP contribution in [0.25, 0.3) is 0 Å². The Morgan fingerprint density at radius 2 is 1.94 bits per heavy atom. The Hall–Kier alpha value is -1.51. The first kappa shape index (κ1) is 12.9. The number of carbonyl (C=O) groups excluding carboxylic acids is 1. The first-order chi connectivity index (χ1) is 8.74. The van der Waals surface area contributed by atoms with Crippen LogP contribution in [0.5, 0.6) is 5.75 Å². The van der Waals surface area contributed by atoms with Gasteiger partial charge in [0.25, 0.3) is 0 Å². The maximum atomic E-state index is 12.0. The van der Waals surface area contributed by atoms with E-state index < -0.39 is 0 Å². The molecule has 1 aliphatic carbocycles. The van der Waals surface area contributed by atoms with E-state index in [4.69, 9.17) is 4.74 Å². The Balaban J connectivity index is 2.30. The van der Waals surface area contributed by atoms with Gasteiger partial charge in [-0.3, -0.25) is 4.79 Å². The SMILES string of the molecule is COC(=O)C(c1ccccc1O)C1CCCCC1. The molecule has 1 aromatic carbocycles. The summed E-state index contributed by atoms with van der Waals surface area (Å²) in [6, 6.07) is 7.08. The molecule has 0 saturated heterocycles. The molecule has 0 heterocycles. The second-order valence-electron chi connectivity index (χ2n) is 4.96. The van der Waals surface area contributed by atoms with Gasteiger partial charge in [0.2, 0.25) is 0 Å². The van der Waals surface area contributed by atoms with Crippen LogP contribution in [0.3, 0.4) is 0 Å². The fraction of sp³-hybridized carbons (Fsp3) is 0.533. The van der Waals surface area contributed by atoms with Gasteiger partial charge in [0, 0.05) is 5.56 Å². The molecule has 0 radical (unpaired) electrons. The highest BCUT2D eigenvalue weighted by atomic mass is 16.5. The standard InChI is InChI=1S/C15H20O3/c1-18-15(17)14(11-7-3-2-4-8-11)12-9-5-6-10-13(12)16/h5-6,9-11,14,16H,2-4,7-8H2,1H3. The number of phenols is 1. The van der Waals surface area contributed by atoms with Crippen LogP contribution in [0.4, 0.5) is 0 Å². The fourth-order valence-corrected chi connectivity index (χ4v) is 2.92. The minimum Gasteiger partial charge on any atom is -0.508 e. The number of carbonyl (C=O) groups is 1. The second kappa shape index (κ2) is 5.89. The predicted molar refractivity (Wildman–Crippen MR) is 69.4 cm³/mol. The summed E-state index contributed by atoms with van der Waals surface area (Å²) in [6.07, 6.45) is 5.63. The minimum absolute atomic E-state index is 0.193. The number of hydrogen-bond donors (Lipinski definition) is 1. The summed E-state index contributed by atoms with van der Waals surface area (Å²) >= 11 is 0. The van der Waals surface area contributed by atoms with E-state index in [9.17, 15) is 9.90 Å². The lowest BCUT2D eigenvalue weighted by Crippen LogP contribution is -2.25. The number of phenolic OH excluding ortho intramolecular Hbond substituents is 1. The van der Waals surface area contributed by atoms with Crippen LogP contribution < -0.4 is 0 Å². The smallest absolute Gasteiger partial charge is 0.313 e.